The number of carbonyl (C=O) groups is 1. The van der Waals surface area contributed by atoms with Gasteiger partial charge < -0.3 is 10.2 Å². The van der Waals surface area contributed by atoms with E-state index in [4.69, 9.17) is 5.84 Å². The Morgan fingerprint density at radius 2 is 2.31 bits per heavy atom. The van der Waals surface area contributed by atoms with E-state index >= 15 is 0 Å². The maximum absolute atomic E-state index is 11.5. The van der Waals surface area contributed by atoms with E-state index in [0.717, 1.165) is 11.4 Å². The van der Waals surface area contributed by atoms with Crippen LogP contribution in [0.1, 0.15) is 0 Å². The van der Waals surface area contributed by atoms with Crippen LogP contribution in [0.25, 0.3) is 0 Å². The molecule has 1 aliphatic heterocycles. The van der Waals surface area contributed by atoms with E-state index in [1.807, 2.05) is 24.3 Å². The minimum absolute atomic E-state index is 0.0879. The summed E-state index contributed by atoms with van der Waals surface area (Å²) >= 11 is 0. The quantitative estimate of drug-likeness (QED) is 0.246. The number of hydrazine groups is 1. The first-order valence-corrected chi connectivity index (χ1v) is 4.86. The smallest absolute Gasteiger partial charge is 0.244 e. The lowest BCUT2D eigenvalue weighted by Gasteiger charge is -2.30. The predicted molar refractivity (Wildman–Crippen MR) is 63.1 cm³/mol. The van der Waals surface area contributed by atoms with Crippen molar-refractivity contribution in [1.82, 2.24) is 5.43 Å². The van der Waals surface area contributed by atoms with Gasteiger partial charge in [-0.25, -0.2) is 5.84 Å². The van der Waals surface area contributed by atoms with Crippen LogP contribution < -0.4 is 21.5 Å². The van der Waals surface area contributed by atoms with Gasteiger partial charge in [0.2, 0.25) is 11.9 Å². The van der Waals surface area contributed by atoms with E-state index in [1.165, 1.54) is 0 Å². The van der Waals surface area contributed by atoms with Crippen molar-refractivity contribution < 1.29 is 4.79 Å². The zero-order valence-corrected chi connectivity index (χ0v) is 8.90. The highest BCUT2D eigenvalue weighted by Crippen LogP contribution is 2.28. The zero-order valence-electron chi connectivity index (χ0n) is 8.90. The summed E-state index contributed by atoms with van der Waals surface area (Å²) in [6.45, 7) is 0.202. The van der Waals surface area contributed by atoms with Crippen molar-refractivity contribution in [2.24, 2.45) is 10.8 Å². The topological polar surface area (TPSA) is 82.8 Å². The lowest BCUT2D eigenvalue weighted by atomic mass is 10.2. The Labute approximate surface area is 93.1 Å². The number of benzene rings is 1. The highest BCUT2D eigenvalue weighted by atomic mass is 16.2. The Balaban J connectivity index is 2.44. The molecule has 6 nitrogen and oxygen atoms in total. The molecule has 1 aromatic rings. The molecule has 0 spiro atoms. The zero-order chi connectivity index (χ0) is 11.5. The van der Waals surface area contributed by atoms with Gasteiger partial charge >= 0.3 is 0 Å². The molecule has 0 atom stereocenters. The van der Waals surface area contributed by atoms with Gasteiger partial charge in [-0.05, 0) is 12.1 Å². The second-order valence-corrected chi connectivity index (χ2v) is 3.34. The third-order valence-electron chi connectivity index (χ3n) is 2.37. The molecule has 0 fully saturated rings. The fourth-order valence-electron chi connectivity index (χ4n) is 1.69. The first-order chi connectivity index (χ1) is 7.76. The number of nitrogens with one attached hydrogen (secondary N) is 2. The number of hydrogen-bond donors (Lipinski definition) is 3. The number of nitrogens with two attached hydrogens (primary N) is 1. The number of rotatable bonds is 0. The first kappa shape index (κ1) is 10.4. The second-order valence-electron chi connectivity index (χ2n) is 3.34. The largest absolute Gasteiger partial charge is 0.323 e. The van der Waals surface area contributed by atoms with Gasteiger partial charge in [0.15, 0.2) is 0 Å². The maximum atomic E-state index is 11.5. The van der Waals surface area contributed by atoms with Gasteiger partial charge in [0.1, 0.15) is 6.54 Å². The molecule has 2 rings (SSSR count). The summed E-state index contributed by atoms with van der Waals surface area (Å²) in [5.74, 6) is 5.74. The van der Waals surface area contributed by atoms with E-state index in [9.17, 15) is 4.79 Å². The number of hydrogen-bond acceptors (Lipinski definition) is 3. The Morgan fingerprint density at radius 1 is 1.56 bits per heavy atom. The van der Waals surface area contributed by atoms with Crippen LogP contribution in [0.3, 0.4) is 0 Å². The van der Waals surface area contributed by atoms with Gasteiger partial charge in [-0.2, -0.15) is 0 Å². The third-order valence-corrected chi connectivity index (χ3v) is 2.37. The highest BCUT2D eigenvalue weighted by Gasteiger charge is 2.24. The lowest BCUT2D eigenvalue weighted by Crippen LogP contribution is -2.50. The molecule has 84 valence electrons. The number of aliphatic imine (C=N–C) groups is 1. The number of anilines is 2. The van der Waals surface area contributed by atoms with Crippen molar-refractivity contribution in [3.63, 3.8) is 0 Å². The normalized spacial score (nSPS) is 15.5. The van der Waals surface area contributed by atoms with Crippen molar-refractivity contribution in [2.45, 2.75) is 0 Å². The van der Waals surface area contributed by atoms with Crippen LogP contribution in [0.15, 0.2) is 29.3 Å². The molecule has 0 aromatic heterocycles. The van der Waals surface area contributed by atoms with Crippen molar-refractivity contribution in [3.05, 3.63) is 24.3 Å². The minimum atomic E-state index is -0.0879. The SMILES string of the molecule is CN=C(NN)N1CC(=O)Nc2ccccc21. The standard InChI is InChI=1S/C10H13N5O/c1-12-10(14-11)15-6-9(16)13-7-4-2-3-5-8(7)15/h2-5H,6,11H2,1H3,(H,12,14)(H,13,16). The molecule has 16 heavy (non-hydrogen) atoms. The molecule has 0 saturated carbocycles. The van der Waals surface area contributed by atoms with Gasteiger partial charge in [0, 0.05) is 7.05 Å². The lowest BCUT2D eigenvalue weighted by molar-refractivity contribution is -0.115. The number of carbonyl (C=O) groups excluding carboxylic acids is 1. The molecular formula is C10H13N5O. The summed E-state index contributed by atoms with van der Waals surface area (Å²) in [6, 6.07) is 7.49. The maximum Gasteiger partial charge on any atom is 0.244 e. The summed E-state index contributed by atoms with van der Waals surface area (Å²) in [4.78, 5) is 17.2. The number of guanidine groups is 1. The number of amides is 1. The van der Waals surface area contributed by atoms with Gasteiger partial charge in [-0.3, -0.25) is 15.2 Å². The van der Waals surface area contributed by atoms with E-state index in [-0.39, 0.29) is 12.5 Å². The Bertz CT molecular complexity index is 443. The number of fused-ring (bicyclic) bond motifs is 1. The first-order valence-electron chi connectivity index (χ1n) is 4.86. The molecule has 1 amide bonds. The Kier molecular flexibility index (Phi) is 2.74. The average molecular weight is 219 g/mol. The Morgan fingerprint density at radius 3 is 3.00 bits per heavy atom. The minimum Gasteiger partial charge on any atom is -0.323 e. The van der Waals surface area contributed by atoms with Crippen LogP contribution in [-0.4, -0.2) is 25.5 Å². The second kappa shape index (κ2) is 4.19. The van der Waals surface area contributed by atoms with Crippen molar-refractivity contribution in [2.75, 3.05) is 23.8 Å². The van der Waals surface area contributed by atoms with E-state index in [1.54, 1.807) is 11.9 Å². The van der Waals surface area contributed by atoms with Crippen LogP contribution in [0.2, 0.25) is 0 Å². The molecule has 0 aliphatic carbocycles. The molecule has 1 aliphatic rings. The number of nitrogens with zero attached hydrogens (tertiary/aromatic N) is 2. The van der Waals surface area contributed by atoms with Crippen molar-refractivity contribution in [1.29, 1.82) is 0 Å². The highest BCUT2D eigenvalue weighted by molar-refractivity contribution is 6.10. The summed E-state index contributed by atoms with van der Waals surface area (Å²) in [5.41, 5.74) is 4.11. The Hall–Kier alpha value is -2.08. The average Bonchev–Trinajstić information content (AvgIpc) is 2.30. The fourth-order valence-corrected chi connectivity index (χ4v) is 1.69. The van der Waals surface area contributed by atoms with E-state index < -0.39 is 0 Å². The van der Waals surface area contributed by atoms with E-state index in [2.05, 4.69) is 15.7 Å². The number of para-hydroxylation sites is 2. The predicted octanol–water partition coefficient (Wildman–Crippen LogP) is -0.106. The molecule has 0 unspecified atom stereocenters. The van der Waals surface area contributed by atoms with Gasteiger partial charge in [0.05, 0.1) is 11.4 Å². The van der Waals surface area contributed by atoms with Crippen molar-refractivity contribution >= 4 is 23.2 Å². The molecule has 1 aromatic carbocycles. The molecule has 0 radical (unpaired) electrons. The summed E-state index contributed by atoms with van der Waals surface area (Å²) in [6.07, 6.45) is 0. The van der Waals surface area contributed by atoms with Crippen LogP contribution in [0.5, 0.6) is 0 Å². The molecule has 4 N–H and O–H groups in total. The monoisotopic (exact) mass is 219 g/mol. The molecule has 0 bridgehead atoms. The summed E-state index contributed by atoms with van der Waals surface area (Å²) < 4.78 is 0. The molecule has 0 saturated heterocycles. The van der Waals surface area contributed by atoms with Gasteiger partial charge in [0.25, 0.3) is 0 Å². The molecule has 6 heteroatoms. The fraction of sp³-hybridized carbons (Fsp3) is 0.200. The third kappa shape index (κ3) is 1.70. The molecule has 1 heterocycles. The van der Waals surface area contributed by atoms with Crippen LogP contribution in [-0.2, 0) is 4.79 Å². The van der Waals surface area contributed by atoms with E-state index in [0.29, 0.717) is 5.96 Å². The molecular weight excluding hydrogens is 206 g/mol. The van der Waals surface area contributed by atoms with Crippen LogP contribution in [0, 0.1) is 0 Å². The van der Waals surface area contributed by atoms with Crippen LogP contribution >= 0.6 is 0 Å². The van der Waals surface area contributed by atoms with Gasteiger partial charge in [-0.1, -0.05) is 12.1 Å². The summed E-state index contributed by atoms with van der Waals surface area (Å²) in [7, 11) is 1.62. The summed E-state index contributed by atoms with van der Waals surface area (Å²) in [5, 5.41) is 2.79. The van der Waals surface area contributed by atoms with Gasteiger partial charge in [-0.15, -0.1) is 0 Å². The van der Waals surface area contributed by atoms with Crippen LogP contribution in [0.4, 0.5) is 11.4 Å². The van der Waals surface area contributed by atoms with Crippen molar-refractivity contribution in [3.8, 4) is 0 Å².